The van der Waals surface area contributed by atoms with Crippen LogP contribution in [0.15, 0.2) is 15.3 Å². The zero-order valence-corrected chi connectivity index (χ0v) is 7.26. The summed E-state index contributed by atoms with van der Waals surface area (Å²) in [4.78, 5) is 3.92. The van der Waals surface area contributed by atoms with E-state index in [9.17, 15) is 0 Å². The lowest BCUT2D eigenvalue weighted by atomic mass is 10.2. The molecule has 62 valence electrons. The molecule has 0 aromatic carbocycles. The molecule has 2 N–H and O–H groups in total. The Kier molecular flexibility index (Phi) is 1.58. The van der Waals surface area contributed by atoms with Crippen LogP contribution in [0.1, 0.15) is 5.56 Å². The molecule has 0 bridgehead atoms. The van der Waals surface area contributed by atoms with Gasteiger partial charge < -0.3 is 10.3 Å². The number of hydrogen-bond donors (Lipinski definition) is 1. The number of anilines is 1. The largest absolute Gasteiger partial charge is 0.365 e. The molecule has 2 rings (SSSR count). The van der Waals surface area contributed by atoms with Gasteiger partial charge in [0, 0.05) is 5.38 Å². The molecule has 4 nitrogen and oxygen atoms in total. The molecular formula is C7H7N3OS. The summed E-state index contributed by atoms with van der Waals surface area (Å²) < 4.78 is 4.91. The Balaban J connectivity index is 2.50. The van der Waals surface area contributed by atoms with Gasteiger partial charge in [-0.3, -0.25) is 0 Å². The second-order valence-corrected chi connectivity index (χ2v) is 3.17. The first-order chi connectivity index (χ1) is 5.77. The lowest BCUT2D eigenvalue weighted by Crippen LogP contribution is -1.85. The number of thiophene rings is 1. The monoisotopic (exact) mass is 181 g/mol. The maximum absolute atomic E-state index is 5.32. The van der Waals surface area contributed by atoms with E-state index < -0.39 is 0 Å². The molecule has 5 heteroatoms. The van der Waals surface area contributed by atoms with Crippen molar-refractivity contribution >= 4 is 17.3 Å². The Bertz CT molecular complexity index is 393. The van der Waals surface area contributed by atoms with E-state index in [4.69, 9.17) is 10.3 Å². The van der Waals surface area contributed by atoms with E-state index in [1.807, 2.05) is 17.7 Å². The number of aromatic nitrogens is 2. The first-order valence-electron chi connectivity index (χ1n) is 3.39. The Hall–Kier alpha value is -1.36. The average Bonchev–Trinajstić information content (AvgIpc) is 2.58. The third-order valence-electron chi connectivity index (χ3n) is 1.53. The lowest BCUT2D eigenvalue weighted by molar-refractivity contribution is 0.433. The van der Waals surface area contributed by atoms with E-state index in [1.165, 1.54) is 0 Å². The van der Waals surface area contributed by atoms with Crippen molar-refractivity contribution < 1.29 is 4.52 Å². The number of nitrogen functional groups attached to an aromatic ring is 1. The molecule has 0 atom stereocenters. The third-order valence-corrected chi connectivity index (χ3v) is 2.39. The summed E-state index contributed by atoms with van der Waals surface area (Å²) >= 11 is 1.60. The summed E-state index contributed by atoms with van der Waals surface area (Å²) in [5.74, 6) is 0.668. The predicted molar refractivity (Wildman–Crippen MR) is 46.8 cm³/mol. The summed E-state index contributed by atoms with van der Waals surface area (Å²) in [5.41, 5.74) is 7.41. The predicted octanol–water partition coefficient (Wildman–Crippen LogP) is 1.69. The standard InChI is InChI=1S/C7H7N3OS/c1-4-2-12-3-5(4)6-9-7(8)10-11-6/h2-3H,1H3,(H2,8,10). The minimum absolute atomic E-state index is 0.176. The minimum Gasteiger partial charge on any atom is -0.365 e. The fourth-order valence-electron chi connectivity index (χ4n) is 0.924. The van der Waals surface area contributed by atoms with E-state index in [2.05, 4.69) is 10.1 Å². The summed E-state index contributed by atoms with van der Waals surface area (Å²) in [6, 6.07) is 0. The van der Waals surface area contributed by atoms with Crippen molar-refractivity contribution in [1.29, 1.82) is 0 Å². The van der Waals surface area contributed by atoms with Gasteiger partial charge in [0.2, 0.25) is 0 Å². The first-order valence-corrected chi connectivity index (χ1v) is 4.34. The van der Waals surface area contributed by atoms with Crippen LogP contribution in [0, 0.1) is 6.92 Å². The Morgan fingerprint density at radius 1 is 1.50 bits per heavy atom. The van der Waals surface area contributed by atoms with Crippen molar-refractivity contribution in [2.24, 2.45) is 0 Å². The summed E-state index contributed by atoms with van der Waals surface area (Å²) in [5, 5.41) is 7.49. The van der Waals surface area contributed by atoms with Gasteiger partial charge in [-0.05, 0) is 23.0 Å². The summed E-state index contributed by atoms with van der Waals surface area (Å²) in [6.45, 7) is 1.99. The molecule has 12 heavy (non-hydrogen) atoms. The van der Waals surface area contributed by atoms with E-state index in [0.29, 0.717) is 5.89 Å². The van der Waals surface area contributed by atoms with Gasteiger partial charge in [0.25, 0.3) is 11.8 Å². The molecule has 0 fully saturated rings. The zero-order chi connectivity index (χ0) is 8.55. The summed E-state index contributed by atoms with van der Waals surface area (Å²) in [7, 11) is 0. The number of aryl methyl sites for hydroxylation is 1. The van der Waals surface area contributed by atoms with E-state index in [0.717, 1.165) is 11.1 Å². The second-order valence-electron chi connectivity index (χ2n) is 2.43. The van der Waals surface area contributed by atoms with Crippen molar-refractivity contribution in [2.75, 3.05) is 5.73 Å². The van der Waals surface area contributed by atoms with E-state index >= 15 is 0 Å². The molecule has 0 aliphatic rings. The number of rotatable bonds is 1. The van der Waals surface area contributed by atoms with Gasteiger partial charge >= 0.3 is 0 Å². The first kappa shape index (κ1) is 7.30. The molecule has 0 spiro atoms. The average molecular weight is 181 g/mol. The number of hydrogen-bond acceptors (Lipinski definition) is 5. The Labute approximate surface area is 73.0 Å². The van der Waals surface area contributed by atoms with Crippen LogP contribution in [0.25, 0.3) is 11.5 Å². The molecule has 0 saturated heterocycles. The fraction of sp³-hybridized carbons (Fsp3) is 0.143. The third kappa shape index (κ3) is 1.08. The number of nitrogens with zero attached hydrogens (tertiary/aromatic N) is 2. The van der Waals surface area contributed by atoms with Crippen LogP contribution in [0.4, 0.5) is 5.95 Å². The smallest absolute Gasteiger partial charge is 0.261 e. The Morgan fingerprint density at radius 2 is 2.33 bits per heavy atom. The van der Waals surface area contributed by atoms with Gasteiger partial charge in [-0.2, -0.15) is 16.3 Å². The quantitative estimate of drug-likeness (QED) is 0.727. The van der Waals surface area contributed by atoms with Crippen LogP contribution in [-0.2, 0) is 0 Å². The molecular weight excluding hydrogens is 174 g/mol. The molecule has 0 aliphatic carbocycles. The van der Waals surface area contributed by atoms with Crippen molar-refractivity contribution in [2.45, 2.75) is 6.92 Å². The number of nitrogens with two attached hydrogens (primary N) is 1. The zero-order valence-electron chi connectivity index (χ0n) is 6.44. The van der Waals surface area contributed by atoms with Gasteiger partial charge in [-0.15, -0.1) is 0 Å². The van der Waals surface area contributed by atoms with Gasteiger partial charge in [-0.25, -0.2) is 0 Å². The SMILES string of the molecule is Cc1cscc1-c1nc(N)no1. The maximum Gasteiger partial charge on any atom is 0.261 e. The molecule has 2 aromatic heterocycles. The molecule has 0 amide bonds. The van der Waals surface area contributed by atoms with Crippen LogP contribution >= 0.6 is 11.3 Å². The molecule has 0 saturated carbocycles. The molecule has 0 radical (unpaired) electrons. The highest BCUT2D eigenvalue weighted by Crippen LogP contribution is 2.25. The highest BCUT2D eigenvalue weighted by molar-refractivity contribution is 7.08. The highest BCUT2D eigenvalue weighted by atomic mass is 32.1. The van der Waals surface area contributed by atoms with Crippen molar-refractivity contribution in [1.82, 2.24) is 10.1 Å². The lowest BCUT2D eigenvalue weighted by Gasteiger charge is -1.88. The Morgan fingerprint density at radius 3 is 2.83 bits per heavy atom. The van der Waals surface area contributed by atoms with Gasteiger partial charge in [-0.1, -0.05) is 0 Å². The van der Waals surface area contributed by atoms with Crippen LogP contribution < -0.4 is 5.73 Å². The maximum atomic E-state index is 5.32. The van der Waals surface area contributed by atoms with Crippen molar-refractivity contribution in [3.05, 3.63) is 16.3 Å². The van der Waals surface area contributed by atoms with Gasteiger partial charge in [0.05, 0.1) is 5.56 Å². The second kappa shape index (κ2) is 2.60. The van der Waals surface area contributed by atoms with Crippen LogP contribution in [0.5, 0.6) is 0 Å². The minimum atomic E-state index is 0.176. The van der Waals surface area contributed by atoms with Crippen LogP contribution in [-0.4, -0.2) is 10.1 Å². The van der Waals surface area contributed by atoms with Crippen LogP contribution in [0.3, 0.4) is 0 Å². The molecule has 2 aromatic rings. The van der Waals surface area contributed by atoms with Crippen molar-refractivity contribution in [3.8, 4) is 11.5 Å². The molecule has 2 heterocycles. The van der Waals surface area contributed by atoms with Gasteiger partial charge in [0.15, 0.2) is 0 Å². The highest BCUT2D eigenvalue weighted by Gasteiger charge is 2.09. The molecule has 0 aliphatic heterocycles. The van der Waals surface area contributed by atoms with Gasteiger partial charge in [0.1, 0.15) is 0 Å². The normalized spacial score (nSPS) is 10.4. The van der Waals surface area contributed by atoms with Crippen molar-refractivity contribution in [3.63, 3.8) is 0 Å². The summed E-state index contributed by atoms with van der Waals surface area (Å²) in [6.07, 6.45) is 0. The van der Waals surface area contributed by atoms with Crippen LogP contribution in [0.2, 0.25) is 0 Å². The van der Waals surface area contributed by atoms with E-state index in [-0.39, 0.29) is 5.95 Å². The fourth-order valence-corrected chi connectivity index (χ4v) is 1.75. The topological polar surface area (TPSA) is 64.9 Å². The van der Waals surface area contributed by atoms with E-state index in [1.54, 1.807) is 11.3 Å². The molecule has 0 unspecified atom stereocenters.